The fraction of sp³-hybridized carbons (Fsp3) is 0.208. The number of hydrogen-bond donors (Lipinski definition) is 2. The van der Waals surface area contributed by atoms with Crippen molar-refractivity contribution in [1.82, 2.24) is 9.63 Å². The monoisotopic (exact) mass is 483 g/mol. The molecule has 2 aromatic carbocycles. The molecule has 0 spiro atoms. The molecule has 3 rings (SSSR count). The van der Waals surface area contributed by atoms with Gasteiger partial charge in [-0.15, -0.1) is 0 Å². The van der Waals surface area contributed by atoms with Crippen LogP contribution in [0.1, 0.15) is 12.5 Å². The number of ether oxygens (including phenoxy) is 1. The van der Waals surface area contributed by atoms with Gasteiger partial charge >= 0.3 is 0 Å². The van der Waals surface area contributed by atoms with Crippen molar-refractivity contribution in [2.24, 2.45) is 4.99 Å². The van der Waals surface area contributed by atoms with Gasteiger partial charge in [0.05, 0.1) is 45.6 Å². The van der Waals surface area contributed by atoms with Crippen molar-refractivity contribution in [3.05, 3.63) is 70.4 Å². The molecule has 0 bridgehead atoms. The summed E-state index contributed by atoms with van der Waals surface area (Å²) in [5, 5.41) is 23.4. The average Bonchev–Trinajstić information content (AvgIpc) is 2.78. The minimum atomic E-state index is -0.596. The molecule has 1 heterocycles. The van der Waals surface area contributed by atoms with E-state index in [1.165, 1.54) is 36.5 Å². The molecule has 176 valence electrons. The first-order chi connectivity index (χ1) is 16.2. The van der Waals surface area contributed by atoms with Gasteiger partial charge in [-0.2, -0.15) is 9.99 Å². The van der Waals surface area contributed by atoms with Gasteiger partial charge in [-0.1, -0.05) is 17.7 Å². The molecule has 1 amide bonds. The van der Waals surface area contributed by atoms with Gasteiger partial charge < -0.3 is 20.2 Å². The molecule has 0 unspecified atom stereocenters. The molecule has 10 heteroatoms. The zero-order valence-electron chi connectivity index (χ0n) is 18.8. The van der Waals surface area contributed by atoms with E-state index in [0.717, 1.165) is 4.73 Å². The number of nitriles is 1. The summed E-state index contributed by atoms with van der Waals surface area (Å²) < 4.78 is 20.0. The van der Waals surface area contributed by atoms with Crippen molar-refractivity contribution in [2.75, 3.05) is 32.6 Å². The Bertz CT molecular complexity index is 1380. The highest BCUT2D eigenvalue weighted by Gasteiger charge is 2.15. The van der Waals surface area contributed by atoms with E-state index in [4.69, 9.17) is 16.3 Å². The second kappa shape index (κ2) is 10.8. The van der Waals surface area contributed by atoms with Crippen LogP contribution in [0, 0.1) is 17.1 Å². The Morgan fingerprint density at radius 2 is 2.15 bits per heavy atom. The smallest absolute Gasteiger partial charge is 0.248 e. The highest BCUT2D eigenvalue weighted by molar-refractivity contribution is 6.31. The molecule has 0 aliphatic heterocycles. The lowest BCUT2D eigenvalue weighted by atomic mass is 10.1. The lowest BCUT2D eigenvalue weighted by Crippen LogP contribution is -2.16. The molecule has 34 heavy (non-hydrogen) atoms. The summed E-state index contributed by atoms with van der Waals surface area (Å²) in [6, 6.07) is 9.02. The molecule has 0 radical (unpaired) electrons. The largest absolute Gasteiger partial charge is 0.492 e. The quantitative estimate of drug-likeness (QED) is 0.386. The summed E-state index contributed by atoms with van der Waals surface area (Å²) in [6.45, 7) is 2.69. The zero-order chi connectivity index (χ0) is 24.8. The number of amides is 1. The molecule has 0 atom stereocenters. The molecule has 3 aromatic rings. The Kier molecular flexibility index (Phi) is 7.89. The Morgan fingerprint density at radius 3 is 2.79 bits per heavy atom. The average molecular weight is 484 g/mol. The molecule has 1 aromatic heterocycles. The molecule has 0 saturated heterocycles. The topological polar surface area (TPSA) is 103 Å². The van der Waals surface area contributed by atoms with Crippen LogP contribution < -0.4 is 15.4 Å². The summed E-state index contributed by atoms with van der Waals surface area (Å²) in [4.78, 5) is 18.9. The number of carbonyl (C=O) groups excluding carboxylic acids is 1. The van der Waals surface area contributed by atoms with Crippen molar-refractivity contribution in [1.29, 1.82) is 5.26 Å². The van der Waals surface area contributed by atoms with Crippen molar-refractivity contribution in [2.45, 2.75) is 6.92 Å². The lowest BCUT2D eigenvalue weighted by Gasteiger charge is -2.14. The number of rotatable bonds is 7. The zero-order valence-corrected chi connectivity index (χ0v) is 19.6. The maximum Gasteiger partial charge on any atom is 0.248 e. The number of pyridine rings is 1. The summed E-state index contributed by atoms with van der Waals surface area (Å²) in [6.07, 6.45) is 4.33. The van der Waals surface area contributed by atoms with Crippen LogP contribution >= 0.6 is 11.6 Å². The van der Waals surface area contributed by atoms with E-state index in [1.807, 2.05) is 25.1 Å². The Hall–Kier alpha value is -3.87. The number of anilines is 1. The van der Waals surface area contributed by atoms with Crippen LogP contribution in [0.3, 0.4) is 0 Å². The molecule has 2 N–H and O–H groups in total. The van der Waals surface area contributed by atoms with Crippen molar-refractivity contribution < 1.29 is 19.1 Å². The lowest BCUT2D eigenvalue weighted by molar-refractivity contribution is -0.111. The summed E-state index contributed by atoms with van der Waals surface area (Å²) in [5.41, 5.74) is 0.988. The van der Waals surface area contributed by atoms with Gasteiger partial charge in [0.1, 0.15) is 17.6 Å². The predicted octanol–water partition coefficient (Wildman–Crippen LogP) is 4.23. The number of fused-ring (bicyclic) bond motifs is 1. The highest BCUT2D eigenvalue weighted by Crippen LogP contribution is 2.30. The number of hydrogen-bond acceptors (Lipinski definition) is 6. The molecular weight excluding hydrogens is 461 g/mol. The van der Waals surface area contributed by atoms with E-state index in [9.17, 15) is 19.7 Å². The Morgan fingerprint density at radius 1 is 1.38 bits per heavy atom. The SMILES string of the molecule is CCOc1cc2c(cc1NC(=O)C=CCN(C)C)c(=Nc1ccc(F)c(Cl)c1)c(C#N)cn2O. The predicted molar refractivity (Wildman–Crippen MR) is 128 cm³/mol. The van der Waals surface area contributed by atoms with Crippen LogP contribution in [0.2, 0.25) is 5.02 Å². The summed E-state index contributed by atoms with van der Waals surface area (Å²) in [5.74, 6) is -0.646. The minimum absolute atomic E-state index is 0.0581. The van der Waals surface area contributed by atoms with Gasteiger partial charge in [-0.25, -0.2) is 9.38 Å². The van der Waals surface area contributed by atoms with Gasteiger partial charge in [0.15, 0.2) is 0 Å². The molecular formula is C24H23ClFN5O3. The van der Waals surface area contributed by atoms with Crippen LogP contribution in [0.15, 0.2) is 53.7 Å². The Labute approximate surface area is 200 Å². The van der Waals surface area contributed by atoms with E-state index in [0.29, 0.717) is 35.7 Å². The standard InChI is InChI=1S/C24H23ClFN5O3/c1-4-34-22-12-21-17(11-20(22)29-23(32)6-5-9-30(2)3)24(15(13-27)14-31(21)33)28-16-7-8-19(26)18(25)10-16/h5-8,10-12,14,33H,4,9H2,1-3H3,(H,29,32). The normalized spacial score (nSPS) is 11.9. The van der Waals surface area contributed by atoms with Crippen LogP contribution in [-0.2, 0) is 4.79 Å². The van der Waals surface area contributed by atoms with Gasteiger partial charge in [0.2, 0.25) is 5.91 Å². The molecule has 0 saturated carbocycles. The van der Waals surface area contributed by atoms with Crippen LogP contribution in [0.25, 0.3) is 10.9 Å². The van der Waals surface area contributed by atoms with Gasteiger partial charge in [-0.05, 0) is 45.3 Å². The number of aromatic nitrogens is 1. The highest BCUT2D eigenvalue weighted by atomic mass is 35.5. The molecule has 0 fully saturated rings. The van der Waals surface area contributed by atoms with Gasteiger partial charge in [0.25, 0.3) is 0 Å². The first-order valence-electron chi connectivity index (χ1n) is 10.3. The van der Waals surface area contributed by atoms with Gasteiger partial charge in [-0.3, -0.25) is 4.79 Å². The maximum atomic E-state index is 13.6. The number of carbonyl (C=O) groups is 1. The van der Waals surface area contributed by atoms with E-state index in [1.54, 1.807) is 19.1 Å². The van der Waals surface area contributed by atoms with E-state index in [-0.39, 0.29) is 27.4 Å². The summed E-state index contributed by atoms with van der Waals surface area (Å²) >= 11 is 5.88. The number of likely N-dealkylation sites (N-methyl/N-ethyl adjacent to an activating group) is 1. The number of benzene rings is 2. The van der Waals surface area contributed by atoms with Gasteiger partial charge in [0, 0.05) is 24.1 Å². The number of nitrogens with zero attached hydrogens (tertiary/aromatic N) is 4. The fourth-order valence-corrected chi connectivity index (χ4v) is 3.32. The molecule has 0 aliphatic rings. The van der Waals surface area contributed by atoms with Crippen molar-refractivity contribution in [3.63, 3.8) is 0 Å². The Balaban J connectivity index is 2.22. The molecule has 0 aliphatic carbocycles. The molecule has 8 nitrogen and oxygen atoms in total. The maximum absolute atomic E-state index is 13.6. The third-order valence-electron chi connectivity index (χ3n) is 4.67. The third-order valence-corrected chi connectivity index (χ3v) is 4.96. The van der Waals surface area contributed by atoms with Crippen LogP contribution in [0.4, 0.5) is 15.8 Å². The third kappa shape index (κ3) is 5.73. The van der Waals surface area contributed by atoms with E-state index < -0.39 is 5.82 Å². The second-order valence-corrected chi connectivity index (χ2v) is 7.92. The van der Waals surface area contributed by atoms with Crippen LogP contribution in [0.5, 0.6) is 5.75 Å². The van der Waals surface area contributed by atoms with E-state index >= 15 is 0 Å². The van der Waals surface area contributed by atoms with Crippen molar-refractivity contribution in [3.8, 4) is 11.8 Å². The van der Waals surface area contributed by atoms with Crippen LogP contribution in [-0.4, -0.2) is 48.0 Å². The number of halogens is 2. The number of nitrogens with one attached hydrogen (secondary N) is 1. The van der Waals surface area contributed by atoms with Crippen molar-refractivity contribution >= 4 is 39.8 Å². The first kappa shape index (κ1) is 24.8. The summed E-state index contributed by atoms with van der Waals surface area (Å²) in [7, 11) is 3.77. The fourth-order valence-electron chi connectivity index (χ4n) is 3.15. The minimum Gasteiger partial charge on any atom is -0.492 e. The second-order valence-electron chi connectivity index (χ2n) is 7.51. The van der Waals surface area contributed by atoms with E-state index in [2.05, 4.69) is 10.3 Å². The first-order valence-corrected chi connectivity index (χ1v) is 10.7.